The number of rotatable bonds is 0. The van der Waals surface area contributed by atoms with Crippen molar-refractivity contribution in [3.8, 4) is 0 Å². The Balaban J connectivity index is 2.65. The number of aromatic nitrogens is 2. The number of nitrogens with one attached hydrogen (secondary N) is 1. The maximum atomic E-state index is 4.26. The van der Waals surface area contributed by atoms with Gasteiger partial charge in [-0.2, -0.15) is 0 Å². The molecule has 13 heavy (non-hydrogen) atoms. The van der Waals surface area contributed by atoms with Crippen LogP contribution in [0.25, 0.3) is 21.1 Å². The second-order valence-corrected chi connectivity index (χ2v) is 3.76. The number of para-hydroxylation sites is 1. The number of H-pyrrole nitrogens is 1. The third-order valence-corrected chi connectivity index (χ3v) is 3.01. The fourth-order valence-corrected chi connectivity index (χ4v) is 2.32. The first-order chi connectivity index (χ1) is 6.45. The van der Waals surface area contributed by atoms with E-state index in [4.69, 9.17) is 0 Å². The zero-order valence-corrected chi connectivity index (χ0v) is 7.64. The van der Waals surface area contributed by atoms with Crippen LogP contribution in [-0.4, -0.2) is 4.98 Å². The van der Waals surface area contributed by atoms with Crippen LogP contribution in [0.5, 0.6) is 0 Å². The summed E-state index contributed by atoms with van der Waals surface area (Å²) < 4.78 is 1.26. The number of fused-ring (bicyclic) bond motifs is 3. The van der Waals surface area contributed by atoms with Crippen LogP contribution in [0, 0.1) is 0 Å². The van der Waals surface area contributed by atoms with E-state index in [-0.39, 0.29) is 0 Å². The molecule has 3 rings (SSSR count). The summed E-state index contributed by atoms with van der Waals surface area (Å²) in [5, 5.41) is 1.25. The van der Waals surface area contributed by atoms with Gasteiger partial charge in [-0.05, 0) is 6.07 Å². The molecule has 2 aromatic heterocycles. The van der Waals surface area contributed by atoms with Gasteiger partial charge in [0.1, 0.15) is 5.52 Å². The van der Waals surface area contributed by atoms with E-state index < -0.39 is 0 Å². The normalized spacial score (nSPS) is 11.1. The summed E-state index contributed by atoms with van der Waals surface area (Å²) in [4.78, 5) is 7.48. The number of benzene rings is 1. The van der Waals surface area contributed by atoms with Crippen LogP contribution < -0.4 is 4.98 Å². The van der Waals surface area contributed by atoms with Gasteiger partial charge in [-0.15, -0.1) is 11.3 Å². The van der Waals surface area contributed by atoms with Gasteiger partial charge in [-0.3, -0.25) is 0 Å². The van der Waals surface area contributed by atoms with Crippen LogP contribution in [0.4, 0.5) is 0 Å². The quantitative estimate of drug-likeness (QED) is 0.530. The molecule has 0 aliphatic carbocycles. The Kier molecular flexibility index (Phi) is 1.34. The highest BCUT2D eigenvalue weighted by Gasteiger charge is 2.06. The smallest absolute Gasteiger partial charge is 0.212 e. The van der Waals surface area contributed by atoms with Crippen molar-refractivity contribution in [3.05, 3.63) is 36.0 Å². The summed E-state index contributed by atoms with van der Waals surface area (Å²) in [6, 6.07) is 8.28. The Morgan fingerprint density at radius 2 is 2.15 bits per heavy atom. The molecule has 2 nitrogen and oxygen atoms in total. The zero-order valence-electron chi connectivity index (χ0n) is 6.82. The molecule has 0 fully saturated rings. The van der Waals surface area contributed by atoms with Gasteiger partial charge in [-0.25, -0.2) is 9.97 Å². The molecule has 1 aromatic carbocycles. The molecule has 3 heteroatoms. The zero-order chi connectivity index (χ0) is 8.67. The Morgan fingerprint density at radius 3 is 3.15 bits per heavy atom. The van der Waals surface area contributed by atoms with E-state index in [2.05, 4.69) is 28.2 Å². The van der Waals surface area contributed by atoms with Gasteiger partial charge < -0.3 is 0 Å². The molecule has 0 atom stereocenters. The van der Waals surface area contributed by atoms with E-state index in [1.165, 1.54) is 15.6 Å². The van der Waals surface area contributed by atoms with Crippen LogP contribution in [-0.2, 0) is 0 Å². The molecule has 0 saturated heterocycles. The average molecular weight is 187 g/mol. The highest BCUT2D eigenvalue weighted by Crippen LogP contribution is 2.23. The van der Waals surface area contributed by atoms with Crippen molar-refractivity contribution in [2.75, 3.05) is 0 Å². The second-order valence-electron chi connectivity index (χ2n) is 2.90. The lowest BCUT2D eigenvalue weighted by molar-refractivity contribution is -0.342. The van der Waals surface area contributed by atoms with Crippen LogP contribution in [0.15, 0.2) is 36.0 Å². The Hall–Kier alpha value is -1.48. The largest absolute Gasteiger partial charge is 0.238 e. The van der Waals surface area contributed by atoms with E-state index in [1.807, 2.05) is 17.8 Å². The molecule has 62 valence electrons. The minimum atomic E-state index is 1.05. The molecule has 0 amide bonds. The van der Waals surface area contributed by atoms with Crippen molar-refractivity contribution in [3.63, 3.8) is 0 Å². The first-order valence-corrected chi connectivity index (χ1v) is 4.96. The topological polar surface area (TPSA) is 27.0 Å². The monoisotopic (exact) mass is 187 g/mol. The maximum absolute atomic E-state index is 4.26. The van der Waals surface area contributed by atoms with Gasteiger partial charge in [0.2, 0.25) is 5.52 Å². The second kappa shape index (κ2) is 2.50. The van der Waals surface area contributed by atoms with Crippen molar-refractivity contribution >= 4 is 32.5 Å². The van der Waals surface area contributed by atoms with E-state index in [0.717, 1.165) is 5.52 Å². The summed E-state index contributed by atoms with van der Waals surface area (Å²) in [6.07, 6.45) is 1.95. The van der Waals surface area contributed by atoms with Crippen LogP contribution in [0.2, 0.25) is 0 Å². The van der Waals surface area contributed by atoms with Gasteiger partial charge in [0.15, 0.2) is 6.20 Å². The first kappa shape index (κ1) is 6.97. The summed E-state index contributed by atoms with van der Waals surface area (Å²) in [7, 11) is 0. The Labute approximate surface area is 78.9 Å². The minimum absolute atomic E-state index is 1.05. The van der Waals surface area contributed by atoms with Crippen LogP contribution in [0.3, 0.4) is 0 Å². The van der Waals surface area contributed by atoms with Crippen LogP contribution in [0.1, 0.15) is 0 Å². The average Bonchev–Trinajstić information content (AvgIpc) is 2.65. The fraction of sp³-hybridized carbons (Fsp3) is 0. The van der Waals surface area contributed by atoms with E-state index in [1.54, 1.807) is 11.3 Å². The predicted octanol–water partition coefficient (Wildman–Crippen LogP) is 2.26. The lowest BCUT2D eigenvalue weighted by Crippen LogP contribution is -2.01. The van der Waals surface area contributed by atoms with Gasteiger partial charge in [0.05, 0.1) is 15.6 Å². The van der Waals surface area contributed by atoms with Gasteiger partial charge in [0.25, 0.3) is 0 Å². The van der Waals surface area contributed by atoms with Crippen molar-refractivity contribution in [1.29, 1.82) is 0 Å². The van der Waals surface area contributed by atoms with Crippen molar-refractivity contribution in [2.45, 2.75) is 0 Å². The number of hydrogen-bond acceptors (Lipinski definition) is 2. The van der Waals surface area contributed by atoms with Crippen molar-refractivity contribution in [1.82, 2.24) is 4.98 Å². The molecule has 0 bridgehead atoms. The Bertz CT molecular complexity index is 571. The van der Waals surface area contributed by atoms with Gasteiger partial charge >= 0.3 is 0 Å². The lowest BCUT2D eigenvalue weighted by atomic mass is 10.2. The molecule has 0 spiro atoms. The third kappa shape index (κ3) is 0.939. The molecule has 0 radical (unpaired) electrons. The number of aromatic amines is 1. The molecular weight excluding hydrogens is 180 g/mol. The fourth-order valence-electron chi connectivity index (χ4n) is 1.51. The molecule has 0 aliphatic heterocycles. The number of hydrogen-bond donors (Lipinski definition) is 0. The Morgan fingerprint density at radius 1 is 1.23 bits per heavy atom. The predicted molar refractivity (Wildman–Crippen MR) is 53.7 cm³/mol. The van der Waals surface area contributed by atoms with Crippen LogP contribution >= 0.6 is 11.3 Å². The molecule has 0 saturated carbocycles. The minimum Gasteiger partial charge on any atom is -0.238 e. The maximum Gasteiger partial charge on any atom is 0.212 e. The van der Waals surface area contributed by atoms with E-state index in [9.17, 15) is 0 Å². The number of pyridine rings is 1. The third-order valence-electron chi connectivity index (χ3n) is 2.13. The summed E-state index contributed by atoms with van der Waals surface area (Å²) in [6.45, 7) is 0. The summed E-state index contributed by atoms with van der Waals surface area (Å²) in [5.41, 5.74) is 4.09. The molecular formula is C10H7N2S+. The van der Waals surface area contributed by atoms with Crippen molar-refractivity contribution in [2.24, 2.45) is 0 Å². The molecule has 1 N–H and O–H groups in total. The SMILES string of the molecule is c1ccc2c(c1)[nH+]cc1ncsc12. The van der Waals surface area contributed by atoms with Gasteiger partial charge in [-0.1, -0.05) is 12.1 Å². The molecule has 2 heterocycles. The molecule has 0 unspecified atom stereocenters. The highest BCUT2D eigenvalue weighted by molar-refractivity contribution is 7.17. The van der Waals surface area contributed by atoms with Crippen molar-refractivity contribution < 1.29 is 4.98 Å². The van der Waals surface area contributed by atoms with E-state index >= 15 is 0 Å². The summed E-state index contributed by atoms with van der Waals surface area (Å²) in [5.74, 6) is 0. The van der Waals surface area contributed by atoms with Gasteiger partial charge in [0, 0.05) is 6.07 Å². The number of nitrogens with zero attached hydrogens (tertiary/aromatic N) is 1. The molecule has 3 aromatic rings. The lowest BCUT2D eigenvalue weighted by Gasteiger charge is -1.90. The standard InChI is InChI=1S/C10H6N2S/c1-2-4-8-7(3-1)10-9(5-11-8)12-6-13-10/h1-6H/p+1. The highest BCUT2D eigenvalue weighted by atomic mass is 32.1. The van der Waals surface area contributed by atoms with E-state index in [0.29, 0.717) is 0 Å². The first-order valence-electron chi connectivity index (χ1n) is 4.08. The number of thiazole rings is 1. The summed E-state index contributed by atoms with van der Waals surface area (Å²) >= 11 is 1.69. The molecule has 0 aliphatic rings.